The zero-order chi connectivity index (χ0) is 28.1. The van der Waals surface area contributed by atoms with E-state index in [4.69, 9.17) is 14.2 Å². The molecular weight excluding hydrogens is 529 g/mol. The SMILES string of the molecule is CCCCc1nc(C)n(Cc2ccc(OC)nc2)c(=O)c1Cc1ccc(-c2ccccc2-c2noc(=O)[nH]2)cc1.[H-].[Na+]. The number of pyridine rings is 1. The van der Waals surface area contributed by atoms with E-state index >= 15 is 0 Å². The van der Waals surface area contributed by atoms with Crippen LogP contribution in [0.5, 0.6) is 5.88 Å². The predicted octanol–water partition coefficient (Wildman–Crippen LogP) is 2.06. The number of nitrogens with one attached hydrogen (secondary N) is 1. The van der Waals surface area contributed by atoms with Crippen LogP contribution in [0.25, 0.3) is 22.5 Å². The third kappa shape index (κ3) is 6.93. The van der Waals surface area contributed by atoms with Crippen molar-refractivity contribution >= 4 is 0 Å². The minimum Gasteiger partial charge on any atom is -1.00 e. The van der Waals surface area contributed by atoms with Gasteiger partial charge in [0.2, 0.25) is 5.88 Å². The number of methoxy groups -OCH3 is 1. The van der Waals surface area contributed by atoms with Crippen LogP contribution in [0.3, 0.4) is 0 Å². The molecule has 5 rings (SSSR count). The third-order valence-corrected chi connectivity index (χ3v) is 6.92. The number of unbranched alkanes of at least 4 members (excludes halogenated alkanes) is 1. The van der Waals surface area contributed by atoms with Crippen LogP contribution < -0.4 is 45.6 Å². The van der Waals surface area contributed by atoms with Crippen LogP contribution in [0.4, 0.5) is 0 Å². The summed E-state index contributed by atoms with van der Waals surface area (Å²) in [5.41, 5.74) is 6.09. The summed E-state index contributed by atoms with van der Waals surface area (Å²) in [7, 11) is 1.58. The van der Waals surface area contributed by atoms with Crippen LogP contribution in [-0.2, 0) is 19.4 Å². The van der Waals surface area contributed by atoms with Crippen molar-refractivity contribution < 1.29 is 40.2 Å². The van der Waals surface area contributed by atoms with Crippen molar-refractivity contribution in [2.24, 2.45) is 0 Å². The molecule has 5 aromatic rings. The van der Waals surface area contributed by atoms with Crippen molar-refractivity contribution in [3.05, 3.63) is 116 Å². The zero-order valence-corrected chi connectivity index (χ0v) is 25.8. The first-order chi connectivity index (χ1) is 19.5. The van der Waals surface area contributed by atoms with Crippen molar-refractivity contribution in [1.29, 1.82) is 0 Å². The van der Waals surface area contributed by atoms with Crippen molar-refractivity contribution in [3.8, 4) is 28.4 Å². The first kappa shape index (κ1) is 30.2. The number of hydrogen-bond acceptors (Lipinski definition) is 7. The number of H-pyrrole nitrogens is 1. The van der Waals surface area contributed by atoms with E-state index < -0.39 is 5.76 Å². The smallest absolute Gasteiger partial charge is 1.00 e. The Hall–Kier alpha value is -3.79. The largest absolute Gasteiger partial charge is 1.00 e. The minimum absolute atomic E-state index is 0. The van der Waals surface area contributed by atoms with Crippen LogP contribution in [0.2, 0.25) is 0 Å². The second-order valence-corrected chi connectivity index (χ2v) is 9.65. The normalized spacial score (nSPS) is 10.8. The van der Waals surface area contributed by atoms with Crippen LogP contribution in [0.15, 0.2) is 81.0 Å². The zero-order valence-electron chi connectivity index (χ0n) is 24.8. The number of hydrogen-bond donors (Lipinski definition) is 1. The van der Waals surface area contributed by atoms with Crippen LogP contribution in [0.1, 0.15) is 49.4 Å². The molecule has 0 spiro atoms. The van der Waals surface area contributed by atoms with Crippen LogP contribution in [0, 0.1) is 6.92 Å². The summed E-state index contributed by atoms with van der Waals surface area (Å²) in [4.78, 5) is 37.1. The number of nitrogens with zero attached hydrogens (tertiary/aromatic N) is 4. The first-order valence-electron chi connectivity index (χ1n) is 13.3. The summed E-state index contributed by atoms with van der Waals surface area (Å²) in [5, 5.41) is 3.85. The molecule has 0 aliphatic carbocycles. The second-order valence-electron chi connectivity index (χ2n) is 9.65. The van der Waals surface area contributed by atoms with Crippen molar-refractivity contribution in [3.63, 3.8) is 0 Å². The summed E-state index contributed by atoms with van der Waals surface area (Å²) < 4.78 is 11.6. The van der Waals surface area contributed by atoms with Gasteiger partial charge in [0, 0.05) is 29.8 Å². The van der Waals surface area contributed by atoms with Crippen molar-refractivity contribution in [1.82, 2.24) is 24.7 Å². The maximum absolute atomic E-state index is 13.8. The Morgan fingerprint density at radius 2 is 1.73 bits per heavy atom. The standard InChI is InChI=1S/C31H31N5O4.Na.H/c1-4-5-10-27-26(30(37)36(20(2)33-27)19-22-13-16-28(39-3)32-18-22)17-21-11-14-23(15-12-21)24-8-6-7-9-25(24)29-34-31(38)40-35-29;;/h6-9,11-16,18H,4-5,10,17,19H2,1-3H3,(H,34,35,38);;/q;+1;-1. The maximum Gasteiger partial charge on any atom is 1.00 e. The Balaban J connectivity index is 0.00000242. The summed E-state index contributed by atoms with van der Waals surface area (Å²) in [6, 6.07) is 19.5. The monoisotopic (exact) mass is 561 g/mol. The summed E-state index contributed by atoms with van der Waals surface area (Å²) in [6.45, 7) is 4.40. The Bertz CT molecular complexity index is 1730. The van der Waals surface area contributed by atoms with Gasteiger partial charge < -0.3 is 6.16 Å². The topological polar surface area (TPSA) is 116 Å². The van der Waals surface area contributed by atoms with E-state index in [9.17, 15) is 9.59 Å². The molecular formula is C31H32N5NaO4. The molecule has 3 aromatic heterocycles. The van der Waals surface area contributed by atoms with E-state index in [-0.39, 0.29) is 36.5 Å². The average molecular weight is 562 g/mol. The molecule has 0 atom stereocenters. The molecule has 0 amide bonds. The molecule has 0 aliphatic rings. The van der Waals surface area contributed by atoms with E-state index in [1.54, 1.807) is 23.9 Å². The molecule has 41 heavy (non-hydrogen) atoms. The molecule has 3 heterocycles. The van der Waals surface area contributed by atoms with Gasteiger partial charge >= 0.3 is 35.3 Å². The Morgan fingerprint density at radius 3 is 2.37 bits per heavy atom. The number of aryl methyl sites for hydroxylation is 2. The quantitative estimate of drug-likeness (QED) is 0.260. The van der Waals surface area contributed by atoms with Crippen molar-refractivity contribution in [2.45, 2.75) is 46.1 Å². The molecule has 2 aromatic carbocycles. The van der Waals surface area contributed by atoms with Gasteiger partial charge in [-0.25, -0.2) is 14.8 Å². The van der Waals surface area contributed by atoms with E-state index in [0.29, 0.717) is 36.1 Å². The number of benzene rings is 2. The molecule has 0 saturated heterocycles. The molecule has 10 heteroatoms. The summed E-state index contributed by atoms with van der Waals surface area (Å²) in [6.07, 6.45) is 4.94. The first-order valence-corrected chi connectivity index (χ1v) is 13.3. The molecule has 0 saturated carbocycles. The molecule has 206 valence electrons. The van der Waals surface area contributed by atoms with Crippen LogP contribution >= 0.6 is 0 Å². The Labute approximate surface area is 261 Å². The fourth-order valence-electron chi connectivity index (χ4n) is 4.77. The second kappa shape index (κ2) is 13.7. The molecule has 0 unspecified atom stereocenters. The van der Waals surface area contributed by atoms with E-state index in [0.717, 1.165) is 52.8 Å². The number of aromatic nitrogens is 5. The molecule has 9 nitrogen and oxygen atoms in total. The molecule has 0 radical (unpaired) electrons. The van der Waals surface area contributed by atoms with Crippen LogP contribution in [-0.4, -0.2) is 31.8 Å². The van der Waals surface area contributed by atoms with E-state index in [2.05, 4.69) is 22.0 Å². The van der Waals surface area contributed by atoms with Gasteiger partial charge in [0.25, 0.3) is 5.56 Å². The van der Waals surface area contributed by atoms with Crippen molar-refractivity contribution in [2.75, 3.05) is 7.11 Å². The number of aromatic amines is 1. The fraction of sp³-hybridized carbons (Fsp3) is 0.258. The summed E-state index contributed by atoms with van der Waals surface area (Å²) >= 11 is 0. The fourth-order valence-corrected chi connectivity index (χ4v) is 4.77. The van der Waals surface area contributed by atoms with Gasteiger partial charge in [-0.15, -0.1) is 0 Å². The van der Waals surface area contributed by atoms with E-state index in [1.807, 2.05) is 61.5 Å². The Morgan fingerprint density at radius 1 is 1.00 bits per heavy atom. The van der Waals surface area contributed by atoms with E-state index in [1.165, 1.54) is 0 Å². The average Bonchev–Trinajstić information content (AvgIpc) is 3.42. The van der Waals surface area contributed by atoms with Gasteiger partial charge in [0.1, 0.15) is 5.82 Å². The molecule has 1 N–H and O–H groups in total. The summed E-state index contributed by atoms with van der Waals surface area (Å²) in [5.74, 6) is 0.999. The van der Waals surface area contributed by atoms with Gasteiger partial charge in [-0.05, 0) is 42.0 Å². The van der Waals surface area contributed by atoms with Gasteiger partial charge in [-0.1, -0.05) is 73.1 Å². The third-order valence-electron chi connectivity index (χ3n) is 6.92. The molecule has 0 aliphatic heterocycles. The number of ether oxygens (including phenoxy) is 1. The number of rotatable bonds is 10. The maximum atomic E-state index is 13.8. The Kier molecular flexibility index (Phi) is 10.1. The molecule has 0 fully saturated rings. The minimum atomic E-state index is -0.598. The predicted molar refractivity (Wildman–Crippen MR) is 154 cm³/mol. The van der Waals surface area contributed by atoms with Gasteiger partial charge in [0.15, 0.2) is 5.82 Å². The van der Waals surface area contributed by atoms with Gasteiger partial charge in [-0.2, -0.15) is 0 Å². The van der Waals surface area contributed by atoms with Gasteiger partial charge in [0.05, 0.1) is 19.3 Å². The molecule has 0 bridgehead atoms. The van der Waals surface area contributed by atoms with Gasteiger partial charge in [-0.3, -0.25) is 18.9 Å².